The van der Waals surface area contributed by atoms with E-state index in [0.717, 1.165) is 31.3 Å². The summed E-state index contributed by atoms with van der Waals surface area (Å²) < 4.78 is 0. The Morgan fingerprint density at radius 1 is 1.23 bits per heavy atom. The van der Waals surface area contributed by atoms with Crippen molar-refractivity contribution in [2.45, 2.75) is 46.1 Å². The standard InChI is InChI=1S/C20H30N4O.HI/c1-15(2)18(25)23-17-7-5-16(6-8-17)13-22-19(21-3)24-12-11-20(14-24)9-4-10-20;/h5-8,15H,4,9-14H2,1-3H3,(H,21,22)(H,23,25);1H. The zero-order valence-electron chi connectivity index (χ0n) is 16.0. The molecule has 0 unspecified atom stereocenters. The molecule has 3 rings (SSSR count). The van der Waals surface area contributed by atoms with Crippen LogP contribution in [0.25, 0.3) is 0 Å². The predicted octanol–water partition coefficient (Wildman–Crippen LogP) is 3.85. The van der Waals surface area contributed by atoms with Gasteiger partial charge in [-0.25, -0.2) is 0 Å². The quantitative estimate of drug-likeness (QED) is 0.400. The molecule has 6 heteroatoms. The highest BCUT2D eigenvalue weighted by molar-refractivity contribution is 14.0. The number of benzene rings is 1. The van der Waals surface area contributed by atoms with Crippen molar-refractivity contribution in [3.05, 3.63) is 29.8 Å². The molecule has 1 spiro atoms. The molecule has 1 aromatic carbocycles. The number of hydrogen-bond acceptors (Lipinski definition) is 2. The molecule has 1 saturated carbocycles. The Bertz CT molecular complexity index is 638. The number of nitrogens with zero attached hydrogens (tertiary/aromatic N) is 2. The molecule has 144 valence electrons. The van der Waals surface area contributed by atoms with Gasteiger partial charge in [0.15, 0.2) is 5.96 Å². The van der Waals surface area contributed by atoms with Crippen LogP contribution in [0.2, 0.25) is 0 Å². The van der Waals surface area contributed by atoms with Crippen molar-refractivity contribution in [3.8, 4) is 0 Å². The van der Waals surface area contributed by atoms with Crippen molar-refractivity contribution in [2.24, 2.45) is 16.3 Å². The fourth-order valence-electron chi connectivity index (χ4n) is 3.71. The number of halogens is 1. The minimum Gasteiger partial charge on any atom is -0.352 e. The van der Waals surface area contributed by atoms with Crippen molar-refractivity contribution in [1.29, 1.82) is 0 Å². The van der Waals surface area contributed by atoms with E-state index in [1.165, 1.54) is 31.2 Å². The van der Waals surface area contributed by atoms with Gasteiger partial charge in [0.1, 0.15) is 0 Å². The fraction of sp³-hybridized carbons (Fsp3) is 0.600. The highest BCUT2D eigenvalue weighted by Gasteiger charge is 2.43. The molecule has 0 radical (unpaired) electrons. The third kappa shape index (κ3) is 4.90. The maximum atomic E-state index is 11.7. The number of carbonyl (C=O) groups is 1. The Hall–Kier alpha value is -1.31. The van der Waals surface area contributed by atoms with Gasteiger partial charge >= 0.3 is 0 Å². The Labute approximate surface area is 174 Å². The molecule has 0 atom stereocenters. The third-order valence-corrected chi connectivity index (χ3v) is 5.56. The first-order valence-corrected chi connectivity index (χ1v) is 9.37. The summed E-state index contributed by atoms with van der Waals surface area (Å²) in [6, 6.07) is 8.01. The number of aliphatic imine (C=N–C) groups is 1. The van der Waals surface area contributed by atoms with Gasteiger partial charge in [0.25, 0.3) is 0 Å². The largest absolute Gasteiger partial charge is 0.352 e. The van der Waals surface area contributed by atoms with Crippen LogP contribution in [0.15, 0.2) is 29.3 Å². The molecular weight excluding hydrogens is 439 g/mol. The molecule has 1 amide bonds. The second-order valence-electron chi connectivity index (χ2n) is 7.77. The lowest BCUT2D eigenvalue weighted by Crippen LogP contribution is -2.42. The van der Waals surface area contributed by atoms with E-state index in [2.05, 4.69) is 20.5 Å². The van der Waals surface area contributed by atoms with Gasteiger partial charge in [0, 0.05) is 38.3 Å². The fourth-order valence-corrected chi connectivity index (χ4v) is 3.71. The summed E-state index contributed by atoms with van der Waals surface area (Å²) in [5.74, 6) is 1.04. The van der Waals surface area contributed by atoms with E-state index in [9.17, 15) is 4.79 Å². The number of rotatable bonds is 4. The molecule has 2 N–H and O–H groups in total. The van der Waals surface area contributed by atoms with E-state index in [4.69, 9.17) is 0 Å². The van der Waals surface area contributed by atoms with Crippen LogP contribution in [-0.4, -0.2) is 36.9 Å². The summed E-state index contributed by atoms with van der Waals surface area (Å²) >= 11 is 0. The van der Waals surface area contributed by atoms with E-state index in [1.807, 2.05) is 45.2 Å². The molecule has 1 aliphatic carbocycles. The van der Waals surface area contributed by atoms with Gasteiger partial charge in [-0.3, -0.25) is 9.79 Å². The van der Waals surface area contributed by atoms with Crippen molar-refractivity contribution >= 4 is 41.5 Å². The SMILES string of the molecule is CN=C(NCc1ccc(NC(=O)C(C)C)cc1)N1CCC2(CCC2)C1.I. The Morgan fingerprint density at radius 2 is 1.92 bits per heavy atom. The molecule has 5 nitrogen and oxygen atoms in total. The highest BCUT2D eigenvalue weighted by Crippen LogP contribution is 2.47. The number of hydrogen-bond donors (Lipinski definition) is 2. The zero-order valence-corrected chi connectivity index (χ0v) is 18.4. The van der Waals surface area contributed by atoms with Crippen LogP contribution in [0.4, 0.5) is 5.69 Å². The topological polar surface area (TPSA) is 56.7 Å². The number of likely N-dealkylation sites (tertiary alicyclic amines) is 1. The lowest BCUT2D eigenvalue weighted by Gasteiger charge is -2.38. The molecular formula is C20H31IN4O. The Balaban J connectivity index is 0.00000243. The summed E-state index contributed by atoms with van der Waals surface area (Å²) in [4.78, 5) is 18.6. The second kappa shape index (κ2) is 9.06. The average Bonchev–Trinajstić information content (AvgIpc) is 3.03. The van der Waals surface area contributed by atoms with Crippen LogP contribution < -0.4 is 10.6 Å². The van der Waals surface area contributed by atoms with Crippen LogP contribution in [0.5, 0.6) is 0 Å². The van der Waals surface area contributed by atoms with Crippen molar-refractivity contribution in [1.82, 2.24) is 10.2 Å². The summed E-state index contributed by atoms with van der Waals surface area (Å²) in [7, 11) is 1.86. The van der Waals surface area contributed by atoms with E-state index in [1.54, 1.807) is 0 Å². The van der Waals surface area contributed by atoms with E-state index in [0.29, 0.717) is 5.41 Å². The second-order valence-corrected chi connectivity index (χ2v) is 7.77. The first kappa shape index (κ1) is 21.0. The molecule has 2 fully saturated rings. The summed E-state index contributed by atoms with van der Waals surface area (Å²) in [6.45, 7) is 6.79. The van der Waals surface area contributed by atoms with E-state index in [-0.39, 0.29) is 35.8 Å². The normalized spacial score (nSPS) is 18.5. The Morgan fingerprint density at radius 3 is 2.42 bits per heavy atom. The third-order valence-electron chi connectivity index (χ3n) is 5.56. The van der Waals surface area contributed by atoms with E-state index < -0.39 is 0 Å². The maximum absolute atomic E-state index is 11.7. The van der Waals surface area contributed by atoms with Gasteiger partial charge in [0.05, 0.1) is 0 Å². The molecule has 1 aromatic rings. The van der Waals surface area contributed by atoms with Gasteiger partial charge in [-0.2, -0.15) is 0 Å². The van der Waals surface area contributed by atoms with Crippen molar-refractivity contribution < 1.29 is 4.79 Å². The molecule has 0 aromatic heterocycles. The summed E-state index contributed by atoms with van der Waals surface area (Å²) in [5.41, 5.74) is 2.60. The number of amides is 1. The average molecular weight is 470 g/mol. The number of guanidine groups is 1. The monoisotopic (exact) mass is 470 g/mol. The van der Waals surface area contributed by atoms with E-state index >= 15 is 0 Å². The molecule has 1 heterocycles. The first-order chi connectivity index (χ1) is 12.0. The first-order valence-electron chi connectivity index (χ1n) is 9.37. The van der Waals surface area contributed by atoms with Gasteiger partial charge in [-0.05, 0) is 42.4 Å². The lowest BCUT2D eigenvalue weighted by atomic mass is 9.68. The minimum absolute atomic E-state index is 0. The van der Waals surface area contributed by atoms with Crippen LogP contribution in [0, 0.1) is 11.3 Å². The van der Waals surface area contributed by atoms with Crippen LogP contribution >= 0.6 is 24.0 Å². The molecule has 1 saturated heterocycles. The molecule has 1 aliphatic heterocycles. The molecule has 0 bridgehead atoms. The number of anilines is 1. The lowest BCUT2D eigenvalue weighted by molar-refractivity contribution is -0.118. The predicted molar refractivity (Wildman–Crippen MR) is 118 cm³/mol. The van der Waals surface area contributed by atoms with Gasteiger partial charge < -0.3 is 15.5 Å². The van der Waals surface area contributed by atoms with Gasteiger partial charge in [0.2, 0.25) is 5.91 Å². The minimum atomic E-state index is -0.0101. The number of nitrogens with one attached hydrogen (secondary N) is 2. The smallest absolute Gasteiger partial charge is 0.226 e. The highest BCUT2D eigenvalue weighted by atomic mass is 127. The summed E-state index contributed by atoms with van der Waals surface area (Å²) in [5, 5.41) is 6.40. The Kier molecular flexibility index (Phi) is 7.32. The van der Waals surface area contributed by atoms with Crippen LogP contribution in [0.1, 0.15) is 45.1 Å². The maximum Gasteiger partial charge on any atom is 0.226 e. The van der Waals surface area contributed by atoms with Gasteiger partial charge in [-0.1, -0.05) is 32.4 Å². The zero-order chi connectivity index (χ0) is 17.9. The van der Waals surface area contributed by atoms with Crippen molar-refractivity contribution in [2.75, 3.05) is 25.5 Å². The number of carbonyl (C=O) groups excluding carboxylic acids is 1. The molecule has 2 aliphatic rings. The van der Waals surface area contributed by atoms with Gasteiger partial charge in [-0.15, -0.1) is 24.0 Å². The summed E-state index contributed by atoms with van der Waals surface area (Å²) in [6.07, 6.45) is 5.45. The van der Waals surface area contributed by atoms with Crippen molar-refractivity contribution in [3.63, 3.8) is 0 Å². The van der Waals surface area contributed by atoms with Crippen LogP contribution in [-0.2, 0) is 11.3 Å². The molecule has 26 heavy (non-hydrogen) atoms. The van der Waals surface area contributed by atoms with Crippen LogP contribution in [0.3, 0.4) is 0 Å².